The summed E-state index contributed by atoms with van der Waals surface area (Å²) in [7, 11) is 1.70. The number of likely N-dealkylation sites (N-methyl/N-ethyl adjacent to an activating group) is 1. The minimum atomic E-state index is -1.62. The largest absolute Gasteiger partial charge is 0.369 e. The van der Waals surface area contributed by atoms with Crippen molar-refractivity contribution in [1.82, 2.24) is 14.3 Å². The predicted octanol–water partition coefficient (Wildman–Crippen LogP) is 1.04. The fourth-order valence-corrected chi connectivity index (χ4v) is 4.11. The highest BCUT2D eigenvalue weighted by molar-refractivity contribution is 5.99. The van der Waals surface area contributed by atoms with Gasteiger partial charge in [-0.15, -0.1) is 0 Å². The van der Waals surface area contributed by atoms with Gasteiger partial charge in [0.15, 0.2) is 5.69 Å². The second-order valence-electron chi connectivity index (χ2n) is 7.53. The number of aromatic nitrogens is 2. The highest BCUT2D eigenvalue weighted by Gasteiger charge is 2.66. The summed E-state index contributed by atoms with van der Waals surface area (Å²) in [6, 6.07) is 12.8. The lowest BCUT2D eigenvalue weighted by Gasteiger charge is -2.18. The molecule has 0 spiro atoms. The number of likely N-dealkylation sites (tertiary alicyclic amines) is 1. The molecule has 2 amide bonds. The molecule has 1 aliphatic heterocycles. The molecule has 2 aliphatic rings. The van der Waals surface area contributed by atoms with Crippen molar-refractivity contribution in [3.8, 4) is 23.2 Å². The van der Waals surface area contributed by atoms with Crippen LogP contribution in [-0.4, -0.2) is 49.9 Å². The summed E-state index contributed by atoms with van der Waals surface area (Å²) in [5.41, 5.74) is 6.07. The number of rotatable bonds is 2. The van der Waals surface area contributed by atoms with Crippen LogP contribution in [0.1, 0.15) is 22.5 Å². The molecule has 3 aromatic rings. The van der Waals surface area contributed by atoms with Crippen molar-refractivity contribution in [2.75, 3.05) is 7.05 Å². The van der Waals surface area contributed by atoms with Crippen LogP contribution in [0.4, 0.5) is 0 Å². The smallest absolute Gasteiger partial charge is 0.269 e. The number of aliphatic hydroxyl groups is 1. The molecular weight excluding hydrogens is 368 g/mol. The zero-order valence-electron chi connectivity index (χ0n) is 15.7. The van der Waals surface area contributed by atoms with Gasteiger partial charge in [-0.1, -0.05) is 30.0 Å². The first-order chi connectivity index (χ1) is 13.9. The number of amides is 2. The summed E-state index contributed by atoms with van der Waals surface area (Å²) >= 11 is 0. The third-order valence-electron chi connectivity index (χ3n) is 5.74. The number of primary amides is 1. The number of carbonyl (C=O) groups excluding carboxylic acids is 2. The Labute approximate surface area is 166 Å². The Morgan fingerprint density at radius 3 is 2.86 bits per heavy atom. The van der Waals surface area contributed by atoms with Crippen molar-refractivity contribution in [1.29, 1.82) is 0 Å². The molecule has 1 saturated carbocycles. The zero-order valence-corrected chi connectivity index (χ0v) is 15.7. The number of carbonyl (C=O) groups is 2. The number of hydrogen-bond acceptors (Lipinski definition) is 4. The average molecular weight is 386 g/mol. The van der Waals surface area contributed by atoms with E-state index in [9.17, 15) is 14.7 Å². The number of nitrogens with zero attached hydrogens (tertiary/aromatic N) is 3. The van der Waals surface area contributed by atoms with E-state index in [-0.39, 0.29) is 23.6 Å². The Balaban J connectivity index is 1.55. The molecule has 0 bridgehead atoms. The molecule has 1 saturated heterocycles. The number of nitrogens with two attached hydrogens (primary N) is 1. The molecule has 5 rings (SSSR count). The highest BCUT2D eigenvalue weighted by Crippen LogP contribution is 2.50. The Hall–Kier alpha value is -3.63. The molecule has 7 heteroatoms. The van der Waals surface area contributed by atoms with Gasteiger partial charge in [0.2, 0.25) is 5.60 Å². The standard InChI is InChI=1S/C22H18N4O3/c1-25-17-12-15(17)22(29,21(25)28)9-8-13-5-4-6-14(11-13)20-24-18(19(23)27)16-7-2-3-10-26(16)20/h2-7,10-11,15,17,29H,12H2,1H3,(H2,23,27)/t15-,17+,22-/m1/s1. The molecule has 0 radical (unpaired) electrons. The number of pyridine rings is 1. The molecule has 3 heterocycles. The van der Waals surface area contributed by atoms with E-state index in [0.29, 0.717) is 16.9 Å². The van der Waals surface area contributed by atoms with Crippen LogP contribution in [0.5, 0.6) is 0 Å². The first-order valence-electron chi connectivity index (χ1n) is 9.30. The van der Waals surface area contributed by atoms with Crippen molar-refractivity contribution >= 4 is 17.3 Å². The molecule has 1 aliphatic carbocycles. The topological polar surface area (TPSA) is 101 Å². The Bertz CT molecular complexity index is 1250. The van der Waals surface area contributed by atoms with E-state index in [1.54, 1.807) is 28.5 Å². The normalized spacial score (nSPS) is 24.9. The third kappa shape index (κ3) is 2.53. The number of imidazole rings is 1. The lowest BCUT2D eigenvalue weighted by atomic mass is 9.98. The number of fused-ring (bicyclic) bond motifs is 2. The van der Waals surface area contributed by atoms with Crippen LogP contribution >= 0.6 is 0 Å². The van der Waals surface area contributed by atoms with Gasteiger partial charge in [0, 0.05) is 36.3 Å². The Morgan fingerprint density at radius 2 is 2.14 bits per heavy atom. The second kappa shape index (κ2) is 5.93. The molecular formula is C22H18N4O3. The maximum absolute atomic E-state index is 12.3. The highest BCUT2D eigenvalue weighted by atomic mass is 16.3. The summed E-state index contributed by atoms with van der Waals surface area (Å²) in [6.45, 7) is 0. The maximum Gasteiger partial charge on any atom is 0.269 e. The van der Waals surface area contributed by atoms with Gasteiger partial charge in [0.05, 0.1) is 5.52 Å². The molecule has 7 nitrogen and oxygen atoms in total. The van der Waals surface area contributed by atoms with Crippen molar-refractivity contribution in [3.63, 3.8) is 0 Å². The molecule has 3 N–H and O–H groups in total. The minimum Gasteiger partial charge on any atom is -0.369 e. The van der Waals surface area contributed by atoms with E-state index in [0.717, 1.165) is 12.0 Å². The summed E-state index contributed by atoms with van der Waals surface area (Å²) in [4.78, 5) is 30.1. The molecule has 144 valence electrons. The van der Waals surface area contributed by atoms with E-state index >= 15 is 0 Å². The van der Waals surface area contributed by atoms with Gasteiger partial charge in [-0.3, -0.25) is 14.0 Å². The van der Waals surface area contributed by atoms with Gasteiger partial charge < -0.3 is 15.7 Å². The maximum atomic E-state index is 12.3. The third-order valence-corrected chi connectivity index (χ3v) is 5.74. The van der Waals surface area contributed by atoms with E-state index in [1.165, 1.54) is 0 Å². The van der Waals surface area contributed by atoms with E-state index < -0.39 is 11.5 Å². The van der Waals surface area contributed by atoms with Gasteiger partial charge in [-0.2, -0.15) is 0 Å². The Morgan fingerprint density at radius 1 is 1.31 bits per heavy atom. The zero-order chi connectivity index (χ0) is 20.3. The summed E-state index contributed by atoms with van der Waals surface area (Å²) < 4.78 is 1.80. The average Bonchev–Trinajstić information content (AvgIpc) is 3.40. The molecule has 29 heavy (non-hydrogen) atoms. The van der Waals surface area contributed by atoms with E-state index in [2.05, 4.69) is 16.8 Å². The first-order valence-corrected chi connectivity index (χ1v) is 9.30. The fraction of sp³-hybridized carbons (Fsp3) is 0.227. The van der Waals surface area contributed by atoms with Gasteiger partial charge in [-0.25, -0.2) is 4.98 Å². The van der Waals surface area contributed by atoms with Crippen LogP contribution in [0.3, 0.4) is 0 Å². The van der Waals surface area contributed by atoms with Gasteiger partial charge >= 0.3 is 0 Å². The van der Waals surface area contributed by atoms with Crippen LogP contribution in [0, 0.1) is 17.8 Å². The first kappa shape index (κ1) is 17.5. The fourth-order valence-electron chi connectivity index (χ4n) is 4.11. The molecule has 1 aromatic carbocycles. The van der Waals surface area contributed by atoms with Gasteiger partial charge in [0.25, 0.3) is 11.8 Å². The quantitative estimate of drug-likeness (QED) is 0.643. The van der Waals surface area contributed by atoms with Crippen LogP contribution in [-0.2, 0) is 4.79 Å². The number of hydrogen-bond donors (Lipinski definition) is 2. The predicted molar refractivity (Wildman–Crippen MR) is 106 cm³/mol. The van der Waals surface area contributed by atoms with Crippen molar-refractivity contribution in [2.45, 2.75) is 18.1 Å². The minimum absolute atomic E-state index is 0.0941. The van der Waals surface area contributed by atoms with Gasteiger partial charge in [0.1, 0.15) is 5.82 Å². The molecule has 0 unspecified atom stereocenters. The lowest BCUT2D eigenvalue weighted by molar-refractivity contribution is -0.140. The SMILES string of the molecule is CN1C(=O)[C@@](O)(C#Cc2cccc(-c3nc(C(N)=O)c4ccccn34)c2)[C@@H]2C[C@@H]21. The summed E-state index contributed by atoms with van der Waals surface area (Å²) in [5.74, 6) is 5.25. The van der Waals surface area contributed by atoms with Crippen LogP contribution < -0.4 is 5.73 Å². The summed E-state index contributed by atoms with van der Waals surface area (Å²) in [5, 5.41) is 10.8. The van der Waals surface area contributed by atoms with E-state index in [1.807, 2.05) is 36.5 Å². The van der Waals surface area contributed by atoms with Crippen molar-refractivity contribution in [3.05, 3.63) is 59.9 Å². The van der Waals surface area contributed by atoms with Crippen molar-refractivity contribution < 1.29 is 14.7 Å². The molecule has 3 atom stereocenters. The lowest BCUT2D eigenvalue weighted by Crippen LogP contribution is -2.41. The van der Waals surface area contributed by atoms with Crippen LogP contribution in [0.15, 0.2) is 48.7 Å². The monoisotopic (exact) mass is 386 g/mol. The molecule has 2 fully saturated rings. The second-order valence-corrected chi connectivity index (χ2v) is 7.53. The number of benzene rings is 1. The van der Waals surface area contributed by atoms with Crippen LogP contribution in [0.2, 0.25) is 0 Å². The number of piperidine rings is 1. The summed E-state index contributed by atoms with van der Waals surface area (Å²) in [6.07, 6.45) is 2.59. The van der Waals surface area contributed by atoms with E-state index in [4.69, 9.17) is 5.73 Å². The van der Waals surface area contributed by atoms with Crippen molar-refractivity contribution in [2.24, 2.45) is 11.7 Å². The molecule has 2 aromatic heterocycles. The van der Waals surface area contributed by atoms with Crippen LogP contribution in [0.25, 0.3) is 16.9 Å². The Kier molecular flexibility index (Phi) is 3.57. The van der Waals surface area contributed by atoms with Gasteiger partial charge in [-0.05, 0) is 30.7 Å².